The van der Waals surface area contributed by atoms with Crippen LogP contribution in [-0.4, -0.2) is 54.1 Å². The summed E-state index contributed by atoms with van der Waals surface area (Å²) >= 11 is 1.17. The molecule has 1 N–H and O–H groups in total. The molecule has 2 aliphatic heterocycles. The maximum atomic E-state index is 13.7. The number of nitrogens with one attached hydrogen (secondary N) is 1. The molecule has 0 amide bonds. The number of halogens is 6. The number of piperazine rings is 1. The van der Waals surface area contributed by atoms with Gasteiger partial charge in [0, 0.05) is 36.8 Å². The minimum absolute atomic E-state index is 0.100. The molecule has 2 fully saturated rings. The molecule has 3 atom stereocenters. The molecule has 1 aromatic carbocycles. The number of fused-ring (bicyclic) bond motifs is 3. The average molecular weight is 492 g/mol. The second-order valence-corrected chi connectivity index (χ2v) is 9.04. The highest BCUT2D eigenvalue weighted by atomic mass is 32.1. The molecule has 3 unspecified atom stereocenters. The van der Waals surface area contributed by atoms with E-state index in [2.05, 4.69) is 20.0 Å². The van der Waals surface area contributed by atoms with Gasteiger partial charge in [0.15, 0.2) is 11.7 Å². The maximum Gasteiger partial charge on any atom is 0.418 e. The van der Waals surface area contributed by atoms with E-state index in [0.717, 1.165) is 25.0 Å². The largest absolute Gasteiger partial charge is 0.423 e. The Morgan fingerprint density at radius 3 is 2.48 bits per heavy atom. The Bertz CT molecular complexity index is 1120. The molecule has 0 radical (unpaired) electrons. The van der Waals surface area contributed by atoms with Crippen LogP contribution in [0.25, 0.3) is 21.7 Å². The smallest absolute Gasteiger partial charge is 0.418 e. The molecule has 13 heteroatoms. The highest BCUT2D eigenvalue weighted by Crippen LogP contribution is 2.42. The molecule has 0 spiro atoms. The molecule has 0 saturated carbocycles. The van der Waals surface area contributed by atoms with Gasteiger partial charge < -0.3 is 19.4 Å². The van der Waals surface area contributed by atoms with Crippen LogP contribution in [0.5, 0.6) is 0 Å². The molecular weight excluding hydrogens is 474 g/mol. The quantitative estimate of drug-likeness (QED) is 0.502. The second-order valence-electron chi connectivity index (χ2n) is 8.14. The van der Waals surface area contributed by atoms with Crippen molar-refractivity contribution in [1.29, 1.82) is 0 Å². The number of alkyl halides is 6. The first-order valence-corrected chi connectivity index (χ1v) is 11.1. The van der Waals surface area contributed by atoms with Gasteiger partial charge in [0.2, 0.25) is 0 Å². The van der Waals surface area contributed by atoms with Crippen molar-refractivity contribution in [2.24, 2.45) is 0 Å². The van der Waals surface area contributed by atoms with Crippen molar-refractivity contribution in [3.63, 3.8) is 0 Å². The lowest BCUT2D eigenvalue weighted by Gasteiger charge is -2.31. The summed E-state index contributed by atoms with van der Waals surface area (Å²) in [4.78, 5) is 10.5. The Morgan fingerprint density at radius 2 is 1.88 bits per heavy atom. The fourth-order valence-electron chi connectivity index (χ4n) is 4.36. The first-order chi connectivity index (χ1) is 15.6. The Morgan fingerprint density at radius 1 is 1.15 bits per heavy atom. The second kappa shape index (κ2) is 8.13. The van der Waals surface area contributed by atoms with Gasteiger partial charge in [-0.1, -0.05) is 0 Å². The number of benzene rings is 1. The summed E-state index contributed by atoms with van der Waals surface area (Å²) in [5, 5.41) is 5.47. The highest BCUT2D eigenvalue weighted by Gasteiger charge is 2.45. The average Bonchev–Trinajstić information content (AvgIpc) is 3.45. The van der Waals surface area contributed by atoms with Crippen molar-refractivity contribution in [1.82, 2.24) is 15.3 Å². The summed E-state index contributed by atoms with van der Waals surface area (Å²) < 4.78 is 89.1. The van der Waals surface area contributed by atoms with Crippen molar-refractivity contribution < 1.29 is 35.5 Å². The molecule has 2 aliphatic rings. The van der Waals surface area contributed by atoms with E-state index in [4.69, 9.17) is 4.42 Å². The van der Waals surface area contributed by atoms with E-state index in [-0.39, 0.29) is 34.8 Å². The Kier molecular flexibility index (Phi) is 5.52. The topological polar surface area (TPSA) is 63.4 Å². The predicted molar refractivity (Wildman–Crippen MR) is 108 cm³/mol. The minimum atomic E-state index is -5.07. The van der Waals surface area contributed by atoms with Gasteiger partial charge in [0.25, 0.3) is 6.01 Å². The van der Waals surface area contributed by atoms with E-state index in [1.807, 2.05) is 4.90 Å². The van der Waals surface area contributed by atoms with Crippen molar-refractivity contribution >= 4 is 28.5 Å². The van der Waals surface area contributed by atoms with E-state index in [0.29, 0.717) is 18.1 Å². The molecule has 178 valence electrons. The van der Waals surface area contributed by atoms with Gasteiger partial charge in [0.05, 0.1) is 5.56 Å². The third-order valence-corrected chi connectivity index (χ3v) is 6.47. The van der Waals surface area contributed by atoms with Gasteiger partial charge in [-0.25, -0.2) is 4.98 Å². The zero-order chi connectivity index (χ0) is 23.4. The zero-order valence-corrected chi connectivity index (χ0v) is 17.7. The van der Waals surface area contributed by atoms with Crippen LogP contribution in [0.15, 0.2) is 28.1 Å². The third kappa shape index (κ3) is 4.66. The van der Waals surface area contributed by atoms with E-state index >= 15 is 0 Å². The summed E-state index contributed by atoms with van der Waals surface area (Å²) in [6.45, 7) is -0.749. The third-order valence-electron chi connectivity index (χ3n) is 5.66. The van der Waals surface area contributed by atoms with Gasteiger partial charge in [-0.2, -0.15) is 31.3 Å². The fraction of sp³-hybridized carbons (Fsp3) is 0.500. The molecule has 33 heavy (non-hydrogen) atoms. The summed E-state index contributed by atoms with van der Waals surface area (Å²) in [5.41, 5.74) is 0.0543. The van der Waals surface area contributed by atoms with Crippen molar-refractivity contribution in [2.45, 2.75) is 43.4 Å². The van der Waals surface area contributed by atoms with Crippen LogP contribution in [-0.2, 0) is 4.74 Å². The zero-order valence-electron chi connectivity index (χ0n) is 16.9. The van der Waals surface area contributed by atoms with Crippen molar-refractivity contribution in [3.8, 4) is 10.6 Å². The lowest BCUT2D eigenvalue weighted by Crippen LogP contribution is -2.51. The number of ether oxygens (including phenoxy) is 1. The van der Waals surface area contributed by atoms with E-state index in [9.17, 15) is 26.3 Å². The number of thiazole rings is 1. The Balaban J connectivity index is 1.58. The van der Waals surface area contributed by atoms with Crippen LogP contribution in [0.4, 0.5) is 32.4 Å². The summed E-state index contributed by atoms with van der Waals surface area (Å²) in [6, 6.07) is 3.01. The van der Waals surface area contributed by atoms with Crippen LogP contribution in [0.3, 0.4) is 0 Å². The number of rotatable bonds is 5. The standard InChI is InChI=1S/C20H18F6N4O2S/c21-19(22,23)9-31-16(20(24,25)26)10-5-13(17-27-3-4-33-17)15-14(6-10)29-18(32-15)30-7-11-1-2-12(8-30)28-11/h3-6,11-12,16,28H,1-2,7-9H2. The number of aromatic nitrogens is 2. The Hall–Kier alpha value is -2.38. The van der Waals surface area contributed by atoms with Crippen LogP contribution < -0.4 is 10.2 Å². The first kappa shape index (κ1) is 22.4. The molecule has 2 saturated heterocycles. The molecule has 4 heterocycles. The van der Waals surface area contributed by atoms with Crippen molar-refractivity contribution in [3.05, 3.63) is 29.3 Å². The number of hydrogen-bond donors (Lipinski definition) is 1. The lowest BCUT2D eigenvalue weighted by atomic mass is 10.0. The highest BCUT2D eigenvalue weighted by molar-refractivity contribution is 7.13. The number of nitrogens with zero attached hydrogens (tertiary/aromatic N) is 3. The maximum absolute atomic E-state index is 13.7. The molecule has 3 aromatic rings. The van der Waals surface area contributed by atoms with Gasteiger partial charge in [-0.15, -0.1) is 11.3 Å². The van der Waals surface area contributed by atoms with Gasteiger partial charge in [-0.05, 0) is 30.5 Å². The molecule has 2 bridgehead atoms. The van der Waals surface area contributed by atoms with Crippen LogP contribution in [0.2, 0.25) is 0 Å². The number of hydrogen-bond acceptors (Lipinski definition) is 7. The molecular formula is C20H18F6N4O2S. The van der Waals surface area contributed by atoms with Gasteiger partial charge >= 0.3 is 12.4 Å². The number of oxazole rings is 1. The van der Waals surface area contributed by atoms with Crippen LogP contribution >= 0.6 is 11.3 Å². The van der Waals surface area contributed by atoms with E-state index in [1.54, 1.807) is 5.38 Å². The van der Waals surface area contributed by atoms with E-state index < -0.39 is 30.6 Å². The van der Waals surface area contributed by atoms with Gasteiger partial charge in [-0.3, -0.25) is 0 Å². The summed E-state index contributed by atoms with van der Waals surface area (Å²) in [7, 11) is 0. The minimum Gasteiger partial charge on any atom is -0.423 e. The predicted octanol–water partition coefficient (Wildman–Crippen LogP) is 5.07. The van der Waals surface area contributed by atoms with Crippen molar-refractivity contribution in [2.75, 3.05) is 24.6 Å². The number of anilines is 1. The SMILES string of the molecule is FC(F)(F)COC(c1cc(-c2nccs2)c2oc(N3CC4CCC(C3)N4)nc2c1)C(F)(F)F. The van der Waals surface area contributed by atoms with Crippen LogP contribution in [0.1, 0.15) is 24.5 Å². The summed E-state index contributed by atoms with van der Waals surface area (Å²) in [6.07, 6.45) is -9.25. The lowest BCUT2D eigenvalue weighted by molar-refractivity contribution is -0.258. The van der Waals surface area contributed by atoms with Gasteiger partial charge in [0.1, 0.15) is 17.1 Å². The van der Waals surface area contributed by atoms with E-state index in [1.165, 1.54) is 17.5 Å². The molecule has 0 aliphatic carbocycles. The Labute approximate surface area is 187 Å². The molecule has 5 rings (SSSR count). The monoisotopic (exact) mass is 492 g/mol. The normalized spacial score (nSPS) is 22.3. The first-order valence-electron chi connectivity index (χ1n) is 10.2. The summed E-state index contributed by atoms with van der Waals surface area (Å²) in [5.74, 6) is 0. The van der Waals surface area contributed by atoms with Crippen LogP contribution in [0, 0.1) is 0 Å². The fourth-order valence-corrected chi connectivity index (χ4v) is 5.01. The molecule has 6 nitrogen and oxygen atoms in total. The molecule has 2 aromatic heterocycles.